The Morgan fingerprint density at radius 3 is 2.71 bits per heavy atom. The Hall–Kier alpha value is -3.34. The molecule has 5 rings (SSSR count). The largest absolute Gasteiger partial charge is 0.443 e. The van der Waals surface area contributed by atoms with Crippen molar-refractivity contribution < 1.29 is 23.5 Å². The molecule has 2 aliphatic rings. The quantitative estimate of drug-likeness (QED) is 0.494. The summed E-state index contributed by atoms with van der Waals surface area (Å²) >= 11 is 1.52. The maximum absolute atomic E-state index is 12.9. The van der Waals surface area contributed by atoms with E-state index in [-0.39, 0.29) is 29.8 Å². The van der Waals surface area contributed by atoms with Crippen molar-refractivity contribution in [2.45, 2.75) is 13.0 Å². The van der Waals surface area contributed by atoms with Crippen LogP contribution in [0.1, 0.15) is 43.2 Å². The lowest BCUT2D eigenvalue weighted by Gasteiger charge is -2.27. The molecule has 34 heavy (non-hydrogen) atoms. The van der Waals surface area contributed by atoms with Crippen molar-refractivity contribution in [1.29, 1.82) is 0 Å². The van der Waals surface area contributed by atoms with Crippen LogP contribution >= 0.6 is 11.3 Å². The average Bonchev–Trinajstić information content (AvgIpc) is 3.61. The van der Waals surface area contributed by atoms with Gasteiger partial charge in [-0.25, -0.2) is 4.98 Å². The van der Waals surface area contributed by atoms with Crippen LogP contribution in [0.25, 0.3) is 10.8 Å². The topological polar surface area (TPSA) is 105 Å². The summed E-state index contributed by atoms with van der Waals surface area (Å²) in [5.41, 5.74) is 1.52. The molecule has 0 spiro atoms. The normalized spacial score (nSPS) is 16.2. The number of amides is 3. The van der Waals surface area contributed by atoms with Gasteiger partial charge in [0.05, 0.1) is 41.5 Å². The zero-order chi connectivity index (χ0) is 23.5. The number of benzene rings is 1. The highest BCUT2D eigenvalue weighted by Gasteiger charge is 2.35. The second kappa shape index (κ2) is 9.88. The first-order chi connectivity index (χ1) is 16.6. The van der Waals surface area contributed by atoms with Crippen molar-refractivity contribution in [3.63, 3.8) is 0 Å². The molecule has 0 saturated carbocycles. The Labute approximate surface area is 200 Å². The predicted molar refractivity (Wildman–Crippen MR) is 125 cm³/mol. The van der Waals surface area contributed by atoms with Crippen molar-refractivity contribution >= 4 is 29.1 Å². The molecule has 3 aromatic rings. The number of morpholine rings is 1. The van der Waals surface area contributed by atoms with E-state index in [0.717, 1.165) is 24.5 Å². The molecule has 1 fully saturated rings. The van der Waals surface area contributed by atoms with Crippen LogP contribution in [0.4, 0.5) is 0 Å². The number of aromatic nitrogens is 1. The molecular formula is C24H24N4O5S. The van der Waals surface area contributed by atoms with Crippen molar-refractivity contribution in [2.24, 2.45) is 0 Å². The van der Waals surface area contributed by atoms with Crippen molar-refractivity contribution in [1.82, 2.24) is 20.1 Å². The first-order valence-corrected chi connectivity index (χ1v) is 12.0. The van der Waals surface area contributed by atoms with Crippen LogP contribution < -0.4 is 5.32 Å². The third-order valence-corrected chi connectivity index (χ3v) is 6.76. The number of nitrogens with zero attached hydrogens (tertiary/aromatic N) is 3. The van der Waals surface area contributed by atoms with E-state index in [1.165, 1.54) is 28.6 Å². The van der Waals surface area contributed by atoms with Crippen LogP contribution in [-0.2, 0) is 11.3 Å². The molecule has 10 heteroatoms. The molecule has 4 heterocycles. The molecule has 0 bridgehead atoms. The number of rotatable bonds is 8. The lowest BCUT2D eigenvalue weighted by molar-refractivity contribution is 0.0355. The van der Waals surface area contributed by atoms with Gasteiger partial charge in [0.15, 0.2) is 0 Å². The number of hydrogen-bond donors (Lipinski definition) is 1. The van der Waals surface area contributed by atoms with Crippen molar-refractivity contribution in [3.05, 3.63) is 64.4 Å². The van der Waals surface area contributed by atoms with Crippen LogP contribution in [0.3, 0.4) is 0 Å². The summed E-state index contributed by atoms with van der Waals surface area (Å²) in [6.07, 6.45) is 2.21. The van der Waals surface area contributed by atoms with Gasteiger partial charge in [0.25, 0.3) is 17.7 Å². The minimum Gasteiger partial charge on any atom is -0.443 e. The van der Waals surface area contributed by atoms with Gasteiger partial charge in [-0.05, 0) is 36.1 Å². The van der Waals surface area contributed by atoms with Crippen molar-refractivity contribution in [2.75, 3.05) is 39.4 Å². The fraction of sp³-hybridized carbons (Fsp3) is 0.333. The van der Waals surface area contributed by atoms with Crippen LogP contribution in [0, 0.1) is 0 Å². The van der Waals surface area contributed by atoms with E-state index >= 15 is 0 Å². The molecule has 176 valence electrons. The molecule has 0 unspecified atom stereocenters. The molecule has 0 radical (unpaired) electrons. The Kier molecular flexibility index (Phi) is 6.52. The van der Waals surface area contributed by atoms with Crippen LogP contribution in [0.2, 0.25) is 0 Å². The molecule has 3 amide bonds. The van der Waals surface area contributed by atoms with E-state index in [4.69, 9.17) is 9.15 Å². The maximum Gasteiger partial charge on any atom is 0.261 e. The fourth-order valence-corrected chi connectivity index (χ4v) is 4.74. The molecule has 1 saturated heterocycles. The van der Waals surface area contributed by atoms with Gasteiger partial charge < -0.3 is 14.5 Å². The van der Waals surface area contributed by atoms with E-state index in [9.17, 15) is 14.4 Å². The minimum atomic E-state index is -0.353. The van der Waals surface area contributed by atoms with E-state index in [1.807, 2.05) is 17.5 Å². The number of carbonyl (C=O) groups excluding carboxylic acids is 3. The number of nitrogens with one attached hydrogen (secondary N) is 1. The molecular weight excluding hydrogens is 456 g/mol. The SMILES string of the molecule is O=C(NCc1coc(-c2cccs2)n1)c1ccc2c(c1)C(=O)N(CCCN1CCOCC1)C2=O. The molecule has 2 aliphatic heterocycles. The Morgan fingerprint density at radius 1 is 1.09 bits per heavy atom. The standard InChI is InChI=1S/C24H24N4O5S/c29-21(25-14-17-15-33-22(26-17)20-3-1-12-34-20)16-4-5-18-19(13-16)24(31)28(23(18)30)7-2-6-27-8-10-32-11-9-27/h1,3-5,12-13,15H,2,6-11,14H2,(H,25,29). The highest BCUT2D eigenvalue weighted by atomic mass is 32.1. The van der Waals surface area contributed by atoms with Gasteiger partial charge in [-0.3, -0.25) is 24.2 Å². The summed E-state index contributed by atoms with van der Waals surface area (Å²) in [4.78, 5) is 47.1. The van der Waals surface area contributed by atoms with Gasteiger partial charge in [0.2, 0.25) is 5.89 Å². The lowest BCUT2D eigenvalue weighted by atomic mass is 10.1. The lowest BCUT2D eigenvalue weighted by Crippen LogP contribution is -2.39. The molecule has 1 aromatic carbocycles. The minimum absolute atomic E-state index is 0.186. The summed E-state index contributed by atoms with van der Waals surface area (Å²) in [6, 6.07) is 8.44. The summed E-state index contributed by atoms with van der Waals surface area (Å²) in [7, 11) is 0. The van der Waals surface area contributed by atoms with Gasteiger partial charge in [-0.15, -0.1) is 11.3 Å². The number of imide groups is 1. The highest BCUT2D eigenvalue weighted by Crippen LogP contribution is 2.25. The Morgan fingerprint density at radius 2 is 1.91 bits per heavy atom. The Balaban J connectivity index is 1.18. The smallest absolute Gasteiger partial charge is 0.261 e. The molecule has 2 aromatic heterocycles. The first-order valence-electron chi connectivity index (χ1n) is 11.2. The van der Waals surface area contributed by atoms with E-state index < -0.39 is 0 Å². The zero-order valence-corrected chi connectivity index (χ0v) is 19.3. The number of thiophene rings is 1. The Bertz CT molecular complexity index is 1200. The third-order valence-electron chi connectivity index (χ3n) is 5.91. The fourth-order valence-electron chi connectivity index (χ4n) is 4.09. The molecule has 1 N–H and O–H groups in total. The number of carbonyl (C=O) groups is 3. The van der Waals surface area contributed by atoms with Crippen LogP contribution in [-0.4, -0.2) is 71.9 Å². The number of fused-ring (bicyclic) bond motifs is 1. The second-order valence-corrected chi connectivity index (χ2v) is 9.08. The van der Waals surface area contributed by atoms with Crippen LogP contribution in [0.5, 0.6) is 0 Å². The van der Waals surface area contributed by atoms with Gasteiger partial charge in [-0.2, -0.15) is 0 Å². The van der Waals surface area contributed by atoms with Gasteiger partial charge >= 0.3 is 0 Å². The number of hydrogen-bond acceptors (Lipinski definition) is 8. The average molecular weight is 481 g/mol. The van der Waals surface area contributed by atoms with Crippen LogP contribution in [0.15, 0.2) is 46.4 Å². The maximum atomic E-state index is 12.9. The van der Waals surface area contributed by atoms with Gasteiger partial charge in [0, 0.05) is 31.7 Å². The first kappa shape index (κ1) is 22.5. The van der Waals surface area contributed by atoms with E-state index in [2.05, 4.69) is 15.2 Å². The monoisotopic (exact) mass is 480 g/mol. The highest BCUT2D eigenvalue weighted by molar-refractivity contribution is 7.13. The zero-order valence-electron chi connectivity index (χ0n) is 18.5. The van der Waals surface area contributed by atoms with E-state index in [1.54, 1.807) is 12.1 Å². The summed E-state index contributed by atoms with van der Waals surface area (Å²) in [5, 5.41) is 4.73. The summed E-state index contributed by atoms with van der Waals surface area (Å²) in [5.74, 6) is -0.504. The summed E-state index contributed by atoms with van der Waals surface area (Å²) in [6.45, 7) is 4.50. The predicted octanol–water partition coefficient (Wildman–Crippen LogP) is 2.65. The van der Waals surface area contributed by atoms with E-state index in [0.29, 0.717) is 48.9 Å². The third kappa shape index (κ3) is 4.65. The second-order valence-electron chi connectivity index (χ2n) is 8.13. The number of ether oxygens (including phenoxy) is 1. The number of oxazole rings is 1. The van der Waals surface area contributed by atoms with Crippen molar-refractivity contribution in [3.8, 4) is 10.8 Å². The molecule has 9 nitrogen and oxygen atoms in total. The molecule has 0 atom stereocenters. The van der Waals surface area contributed by atoms with Gasteiger partial charge in [0.1, 0.15) is 6.26 Å². The molecule has 0 aliphatic carbocycles. The van der Waals surface area contributed by atoms with Gasteiger partial charge in [-0.1, -0.05) is 6.07 Å². The summed E-state index contributed by atoms with van der Waals surface area (Å²) < 4.78 is 10.8.